The van der Waals surface area contributed by atoms with Gasteiger partial charge >= 0.3 is 0 Å². The Morgan fingerprint density at radius 1 is 1.07 bits per heavy atom. The highest BCUT2D eigenvalue weighted by atomic mass is 16.6. The minimum absolute atomic E-state index is 0.00543. The van der Waals surface area contributed by atoms with E-state index in [0.717, 1.165) is 75.3 Å². The largest absolute Gasteiger partial charge is 0.391 e. The smallest absolute Gasteiger partial charge is 0.141 e. The first-order chi connectivity index (χ1) is 13.4. The summed E-state index contributed by atoms with van der Waals surface area (Å²) in [5.41, 5.74) is 1.72. The van der Waals surface area contributed by atoms with E-state index in [9.17, 15) is 4.79 Å². The lowest BCUT2D eigenvalue weighted by atomic mass is 9.43. The molecule has 28 heavy (non-hydrogen) atoms. The highest BCUT2D eigenvalue weighted by Gasteiger charge is 2.61. The maximum atomic E-state index is 12.6. The van der Waals surface area contributed by atoms with Crippen molar-refractivity contribution in [2.45, 2.75) is 84.7 Å². The van der Waals surface area contributed by atoms with Gasteiger partial charge in [-0.2, -0.15) is 0 Å². The SMILES string of the molecule is C[C@H]1C[C@@H]2[C@H](CC[C@]3(C)C(=O)CC[C@@H]23)[C@@]2(C)CC/C(=N\O[C@H]3CCNC3)CC12. The van der Waals surface area contributed by atoms with E-state index in [2.05, 4.69) is 31.2 Å². The highest BCUT2D eigenvalue weighted by molar-refractivity contribution is 5.87. The molecule has 156 valence electrons. The lowest BCUT2D eigenvalue weighted by molar-refractivity contribution is -0.141. The first-order valence-corrected chi connectivity index (χ1v) is 11.9. The summed E-state index contributed by atoms with van der Waals surface area (Å²) in [5.74, 6) is 4.23. The van der Waals surface area contributed by atoms with Crippen LogP contribution in [0, 0.1) is 40.4 Å². The van der Waals surface area contributed by atoms with Crippen molar-refractivity contribution in [3.05, 3.63) is 0 Å². The zero-order valence-electron chi connectivity index (χ0n) is 18.0. The van der Waals surface area contributed by atoms with Gasteiger partial charge in [0.05, 0.1) is 5.71 Å². The van der Waals surface area contributed by atoms with Crippen molar-refractivity contribution in [1.29, 1.82) is 0 Å². The van der Waals surface area contributed by atoms with Crippen LogP contribution in [-0.4, -0.2) is 30.7 Å². The van der Waals surface area contributed by atoms with Crippen LogP contribution in [0.2, 0.25) is 0 Å². The predicted octanol–water partition coefficient (Wildman–Crippen LogP) is 4.58. The Kier molecular flexibility index (Phi) is 4.65. The van der Waals surface area contributed by atoms with Crippen LogP contribution in [-0.2, 0) is 9.63 Å². The Morgan fingerprint density at radius 2 is 1.93 bits per heavy atom. The number of rotatable bonds is 2. The summed E-state index contributed by atoms with van der Waals surface area (Å²) >= 11 is 0. The van der Waals surface area contributed by atoms with Crippen molar-refractivity contribution in [2.75, 3.05) is 13.1 Å². The lowest BCUT2D eigenvalue weighted by Gasteiger charge is -2.61. The van der Waals surface area contributed by atoms with E-state index < -0.39 is 0 Å². The van der Waals surface area contributed by atoms with E-state index in [1.165, 1.54) is 25.0 Å². The predicted molar refractivity (Wildman–Crippen MR) is 111 cm³/mol. The summed E-state index contributed by atoms with van der Waals surface area (Å²) in [7, 11) is 0. The highest BCUT2D eigenvalue weighted by Crippen LogP contribution is 2.66. The zero-order valence-corrected chi connectivity index (χ0v) is 18.0. The van der Waals surface area contributed by atoms with Gasteiger partial charge in [-0.05, 0) is 86.5 Å². The molecule has 4 aliphatic carbocycles. The second kappa shape index (κ2) is 6.82. The second-order valence-corrected chi connectivity index (χ2v) is 11.2. The fraction of sp³-hybridized carbons (Fsp3) is 0.917. The van der Waals surface area contributed by atoms with Crippen LogP contribution in [0.3, 0.4) is 0 Å². The van der Waals surface area contributed by atoms with Crippen LogP contribution >= 0.6 is 0 Å². The van der Waals surface area contributed by atoms with Crippen LogP contribution in [0.1, 0.15) is 78.6 Å². The van der Waals surface area contributed by atoms with Gasteiger partial charge in [0.1, 0.15) is 11.9 Å². The minimum Gasteiger partial charge on any atom is -0.391 e. The molecular formula is C24H38N2O2. The third kappa shape index (κ3) is 2.80. The zero-order chi connectivity index (χ0) is 19.5. The van der Waals surface area contributed by atoms with Gasteiger partial charge in [0.15, 0.2) is 0 Å². The summed E-state index contributed by atoms with van der Waals surface area (Å²) in [4.78, 5) is 18.5. The molecule has 4 nitrogen and oxygen atoms in total. The third-order valence-corrected chi connectivity index (χ3v) is 9.92. The molecule has 4 saturated carbocycles. The van der Waals surface area contributed by atoms with Crippen molar-refractivity contribution in [3.8, 4) is 0 Å². The molecule has 0 aromatic heterocycles. The van der Waals surface area contributed by atoms with Gasteiger partial charge in [0.2, 0.25) is 0 Å². The molecule has 1 heterocycles. The van der Waals surface area contributed by atoms with Crippen molar-refractivity contribution in [1.82, 2.24) is 5.32 Å². The minimum atomic E-state index is -0.00543. The normalized spacial score (nSPS) is 52.2. The van der Waals surface area contributed by atoms with Crippen molar-refractivity contribution >= 4 is 11.5 Å². The maximum absolute atomic E-state index is 12.6. The fourth-order valence-corrected chi connectivity index (χ4v) is 8.25. The number of nitrogens with zero attached hydrogens (tertiary/aromatic N) is 1. The van der Waals surface area contributed by atoms with Crippen LogP contribution in [0.4, 0.5) is 0 Å². The first-order valence-electron chi connectivity index (χ1n) is 11.9. The number of oxime groups is 1. The molecule has 5 aliphatic rings. The standard InChI is InChI=1S/C24H38N2O2/c1-15-12-18-19-4-5-22(27)24(19,3)10-7-20(18)23(2)9-6-16(13-21(15)23)26-28-17-8-11-25-14-17/h15,17-21,25H,4-14H2,1-3H3/b26-16+/t15-,17-,18-,19-,20-,21?,23+,24-/m0/s1. The van der Waals surface area contributed by atoms with Crippen LogP contribution in [0.25, 0.3) is 0 Å². The molecule has 5 rings (SSSR count). The number of carbonyl (C=O) groups excluding carboxylic acids is 1. The Bertz CT molecular complexity index is 670. The number of fused-ring (bicyclic) bond motifs is 5. The number of ketones is 1. The molecule has 0 radical (unpaired) electrons. The summed E-state index contributed by atoms with van der Waals surface area (Å²) < 4.78 is 0. The molecule has 0 bridgehead atoms. The Morgan fingerprint density at radius 3 is 2.71 bits per heavy atom. The molecule has 8 atom stereocenters. The molecule has 0 aromatic rings. The van der Waals surface area contributed by atoms with Gasteiger partial charge < -0.3 is 10.2 Å². The average Bonchev–Trinajstić information content (AvgIpc) is 3.29. The molecular weight excluding hydrogens is 348 g/mol. The van der Waals surface area contributed by atoms with Crippen molar-refractivity contribution < 1.29 is 9.63 Å². The quantitative estimate of drug-likeness (QED) is 0.707. The second-order valence-electron chi connectivity index (χ2n) is 11.2. The molecule has 0 amide bonds. The van der Waals surface area contributed by atoms with Gasteiger partial charge in [-0.15, -0.1) is 0 Å². The number of hydrogen-bond donors (Lipinski definition) is 1. The summed E-state index contributed by atoms with van der Waals surface area (Å²) in [6, 6.07) is 0. The molecule has 1 unspecified atom stereocenters. The first kappa shape index (κ1) is 19.1. The van der Waals surface area contributed by atoms with Gasteiger partial charge in [-0.25, -0.2) is 0 Å². The molecule has 1 N–H and O–H groups in total. The van der Waals surface area contributed by atoms with Crippen LogP contribution in [0.5, 0.6) is 0 Å². The van der Waals surface area contributed by atoms with Crippen LogP contribution < -0.4 is 5.32 Å². The molecule has 1 saturated heterocycles. The van der Waals surface area contributed by atoms with E-state index in [4.69, 9.17) is 4.84 Å². The molecule has 1 aliphatic heterocycles. The summed E-state index contributed by atoms with van der Waals surface area (Å²) in [5, 5.41) is 7.99. The van der Waals surface area contributed by atoms with E-state index in [-0.39, 0.29) is 11.5 Å². The van der Waals surface area contributed by atoms with Gasteiger partial charge in [-0.3, -0.25) is 4.79 Å². The Labute approximate surface area is 170 Å². The Hall–Kier alpha value is -0.900. The molecule has 5 fully saturated rings. The summed E-state index contributed by atoms with van der Waals surface area (Å²) in [6.45, 7) is 9.36. The van der Waals surface area contributed by atoms with Gasteiger partial charge in [-0.1, -0.05) is 25.9 Å². The van der Waals surface area contributed by atoms with Crippen molar-refractivity contribution in [2.24, 2.45) is 45.6 Å². The number of hydrogen-bond acceptors (Lipinski definition) is 4. The maximum Gasteiger partial charge on any atom is 0.141 e. The topological polar surface area (TPSA) is 50.7 Å². The molecule has 0 spiro atoms. The number of carbonyl (C=O) groups is 1. The Balaban J connectivity index is 1.34. The number of Topliss-reactive ketones (excluding diaryl/α,β-unsaturated/α-hetero) is 1. The van der Waals surface area contributed by atoms with Crippen LogP contribution in [0.15, 0.2) is 5.16 Å². The van der Waals surface area contributed by atoms with Crippen molar-refractivity contribution in [3.63, 3.8) is 0 Å². The van der Waals surface area contributed by atoms with E-state index in [0.29, 0.717) is 17.1 Å². The monoisotopic (exact) mass is 386 g/mol. The third-order valence-electron chi connectivity index (χ3n) is 9.92. The van der Waals surface area contributed by atoms with E-state index in [1.807, 2.05) is 0 Å². The number of nitrogens with one attached hydrogen (secondary N) is 1. The van der Waals surface area contributed by atoms with E-state index >= 15 is 0 Å². The molecule has 4 heteroatoms. The summed E-state index contributed by atoms with van der Waals surface area (Å²) in [6.07, 6.45) is 10.5. The van der Waals surface area contributed by atoms with Gasteiger partial charge in [0, 0.05) is 24.8 Å². The molecule has 0 aromatic carbocycles. The van der Waals surface area contributed by atoms with E-state index in [1.54, 1.807) is 0 Å². The average molecular weight is 387 g/mol. The lowest BCUT2D eigenvalue weighted by Crippen LogP contribution is -2.56. The fourth-order valence-electron chi connectivity index (χ4n) is 8.25. The van der Waals surface area contributed by atoms with Gasteiger partial charge in [0.25, 0.3) is 0 Å².